The summed E-state index contributed by atoms with van der Waals surface area (Å²) < 4.78 is 8.89. The van der Waals surface area contributed by atoms with E-state index in [1.807, 2.05) is 0 Å². The van der Waals surface area contributed by atoms with Crippen molar-refractivity contribution in [2.75, 3.05) is 19.8 Å². The molecule has 0 aromatic carbocycles. The molecule has 21 heavy (non-hydrogen) atoms. The quantitative estimate of drug-likeness (QED) is 0.549. The second kappa shape index (κ2) is 24.0. The minimum Gasteiger partial charge on any atom is -0.466 e. The zero-order valence-corrected chi connectivity index (χ0v) is 14.4. The van der Waals surface area contributed by atoms with Crippen LogP contribution in [0.1, 0.15) is 73.1 Å². The molecule has 0 aromatic heterocycles. The maximum Gasteiger partial charge on any atom is 0.308 e. The molecular formula is C16H34O5. The Balaban J connectivity index is -0.000000234. The second-order valence-corrected chi connectivity index (χ2v) is 4.26. The predicted molar refractivity (Wildman–Crippen MR) is 85.1 cm³/mol. The Morgan fingerprint density at radius 3 is 1.57 bits per heavy atom. The molecule has 0 atom stereocenters. The molecule has 0 fully saturated rings. The second-order valence-electron chi connectivity index (χ2n) is 4.26. The Labute approximate surface area is 130 Å². The van der Waals surface area contributed by atoms with Crippen molar-refractivity contribution in [3.63, 3.8) is 0 Å². The van der Waals surface area contributed by atoms with Gasteiger partial charge in [0.15, 0.2) is 0 Å². The van der Waals surface area contributed by atoms with Crippen LogP contribution in [-0.2, 0) is 19.1 Å². The van der Waals surface area contributed by atoms with Crippen molar-refractivity contribution in [3.8, 4) is 0 Å². The average Bonchev–Trinajstić information content (AvgIpc) is 2.41. The fraction of sp³-hybridized carbons (Fsp3) is 0.875. The highest BCUT2D eigenvalue weighted by Crippen LogP contribution is 2.00. The number of rotatable bonds is 8. The topological polar surface area (TPSA) is 72.8 Å². The Kier molecular flexibility index (Phi) is 28.4. The first-order valence-electron chi connectivity index (χ1n) is 7.89. The zero-order valence-electron chi connectivity index (χ0n) is 14.4. The normalized spacial score (nSPS) is 8.67. The van der Waals surface area contributed by atoms with E-state index >= 15 is 0 Å². The number of aliphatic hydroxyl groups is 1. The van der Waals surface area contributed by atoms with Crippen molar-refractivity contribution in [1.82, 2.24) is 0 Å². The van der Waals surface area contributed by atoms with Crippen molar-refractivity contribution in [2.24, 2.45) is 0 Å². The maximum absolute atomic E-state index is 10.3. The van der Waals surface area contributed by atoms with Crippen LogP contribution >= 0.6 is 0 Å². The van der Waals surface area contributed by atoms with E-state index in [1.54, 1.807) is 13.8 Å². The molecule has 0 bridgehead atoms. The summed E-state index contributed by atoms with van der Waals surface area (Å²) in [6, 6.07) is 0. The lowest BCUT2D eigenvalue weighted by molar-refractivity contribution is -0.144. The predicted octanol–water partition coefficient (Wildman–Crippen LogP) is 3.48. The first kappa shape index (κ1) is 24.9. The van der Waals surface area contributed by atoms with Crippen molar-refractivity contribution < 1.29 is 24.2 Å². The van der Waals surface area contributed by atoms with Gasteiger partial charge in [-0.3, -0.25) is 9.59 Å². The lowest BCUT2D eigenvalue weighted by Crippen LogP contribution is -2.05. The number of hydrogen-bond donors (Lipinski definition) is 1. The standard InChI is InChI=1S/C7H16.C5H10O3.C4H8O2/c1-3-5-7-6-4-2;1-2-8-5(7)3-4-6;1-3-6-4(2)5/h3-7H2,1-2H3;6H,2-4H2,1H3;3H2,1-2H3. The number of hydrogen-bond acceptors (Lipinski definition) is 5. The van der Waals surface area contributed by atoms with E-state index in [2.05, 4.69) is 23.3 Å². The first-order chi connectivity index (χ1) is 9.99. The van der Waals surface area contributed by atoms with Crippen LogP contribution in [0.5, 0.6) is 0 Å². The smallest absolute Gasteiger partial charge is 0.308 e. The Hall–Kier alpha value is -1.10. The van der Waals surface area contributed by atoms with Crippen molar-refractivity contribution in [3.05, 3.63) is 0 Å². The molecule has 0 spiro atoms. The summed E-state index contributed by atoms with van der Waals surface area (Å²) in [4.78, 5) is 20.1. The van der Waals surface area contributed by atoms with E-state index in [1.165, 1.54) is 39.0 Å². The zero-order chi connectivity index (χ0) is 16.9. The summed E-state index contributed by atoms with van der Waals surface area (Å²) in [7, 11) is 0. The van der Waals surface area contributed by atoms with Crippen LogP contribution in [0.2, 0.25) is 0 Å². The van der Waals surface area contributed by atoms with Crippen molar-refractivity contribution in [2.45, 2.75) is 73.1 Å². The van der Waals surface area contributed by atoms with E-state index < -0.39 is 0 Å². The summed E-state index contributed by atoms with van der Waals surface area (Å²) in [6.45, 7) is 10.1. The largest absolute Gasteiger partial charge is 0.466 e. The molecule has 128 valence electrons. The van der Waals surface area contributed by atoms with Crippen LogP contribution in [0.25, 0.3) is 0 Å². The third-order valence-electron chi connectivity index (χ3n) is 2.18. The average molecular weight is 306 g/mol. The highest BCUT2D eigenvalue weighted by atomic mass is 16.5. The van der Waals surface area contributed by atoms with Crippen LogP contribution in [0.15, 0.2) is 0 Å². The summed E-state index contributed by atoms with van der Waals surface area (Å²) in [5.41, 5.74) is 0. The molecule has 0 aliphatic heterocycles. The molecule has 0 aliphatic carbocycles. The Morgan fingerprint density at radius 2 is 1.33 bits per heavy atom. The number of unbranched alkanes of at least 4 members (excludes halogenated alkanes) is 4. The minimum absolute atomic E-state index is 0.105. The number of ether oxygens (including phenoxy) is 2. The van der Waals surface area contributed by atoms with E-state index in [9.17, 15) is 9.59 Å². The molecule has 0 aromatic rings. The van der Waals surface area contributed by atoms with Gasteiger partial charge in [-0.15, -0.1) is 0 Å². The van der Waals surface area contributed by atoms with Gasteiger partial charge in [0.05, 0.1) is 26.2 Å². The van der Waals surface area contributed by atoms with Gasteiger partial charge in [0.1, 0.15) is 0 Å². The molecule has 0 rings (SSSR count). The molecule has 5 heteroatoms. The molecule has 0 amide bonds. The molecular weight excluding hydrogens is 272 g/mol. The number of carbonyl (C=O) groups excluding carboxylic acids is 2. The number of carbonyl (C=O) groups is 2. The van der Waals surface area contributed by atoms with Gasteiger partial charge in [-0.1, -0.05) is 46.0 Å². The monoisotopic (exact) mass is 306 g/mol. The van der Waals surface area contributed by atoms with Gasteiger partial charge in [-0.05, 0) is 13.8 Å². The fourth-order valence-corrected chi connectivity index (χ4v) is 1.20. The third kappa shape index (κ3) is 38.1. The number of esters is 2. The van der Waals surface area contributed by atoms with E-state index in [-0.39, 0.29) is 25.0 Å². The van der Waals surface area contributed by atoms with Gasteiger partial charge in [0.2, 0.25) is 0 Å². The SMILES string of the molecule is CCCCCCC.CCOC(=O)CCO.CCOC(C)=O. The van der Waals surface area contributed by atoms with Gasteiger partial charge in [0, 0.05) is 6.92 Å². The van der Waals surface area contributed by atoms with Gasteiger partial charge >= 0.3 is 11.9 Å². The highest BCUT2D eigenvalue weighted by molar-refractivity contribution is 5.69. The molecule has 0 saturated heterocycles. The maximum atomic E-state index is 10.3. The van der Waals surface area contributed by atoms with Crippen LogP contribution in [0.4, 0.5) is 0 Å². The highest BCUT2D eigenvalue weighted by Gasteiger charge is 1.96. The molecule has 5 nitrogen and oxygen atoms in total. The lowest BCUT2D eigenvalue weighted by Gasteiger charge is -1.96. The third-order valence-corrected chi connectivity index (χ3v) is 2.18. The minimum atomic E-state index is -0.338. The molecule has 0 unspecified atom stereocenters. The summed E-state index contributed by atoms with van der Waals surface area (Å²) in [6.07, 6.45) is 7.11. The lowest BCUT2D eigenvalue weighted by atomic mass is 10.2. The van der Waals surface area contributed by atoms with E-state index in [0.29, 0.717) is 13.2 Å². The van der Waals surface area contributed by atoms with Crippen molar-refractivity contribution in [1.29, 1.82) is 0 Å². The summed E-state index contributed by atoms with van der Waals surface area (Å²) >= 11 is 0. The van der Waals surface area contributed by atoms with Crippen molar-refractivity contribution >= 4 is 11.9 Å². The van der Waals surface area contributed by atoms with E-state index in [0.717, 1.165) is 0 Å². The van der Waals surface area contributed by atoms with Gasteiger partial charge in [0.25, 0.3) is 0 Å². The van der Waals surface area contributed by atoms with E-state index in [4.69, 9.17) is 5.11 Å². The van der Waals surface area contributed by atoms with Crippen LogP contribution in [0, 0.1) is 0 Å². The summed E-state index contributed by atoms with van der Waals surface area (Å²) in [5.74, 6) is -0.549. The fourth-order valence-electron chi connectivity index (χ4n) is 1.20. The number of aliphatic hydroxyl groups excluding tert-OH is 1. The van der Waals surface area contributed by atoms with Gasteiger partial charge in [-0.2, -0.15) is 0 Å². The Morgan fingerprint density at radius 1 is 0.857 bits per heavy atom. The summed E-state index contributed by atoms with van der Waals surface area (Å²) in [5, 5.41) is 8.16. The molecule has 0 heterocycles. The van der Waals surface area contributed by atoms with Gasteiger partial charge < -0.3 is 14.6 Å². The van der Waals surface area contributed by atoms with Crippen LogP contribution in [-0.4, -0.2) is 36.9 Å². The molecule has 0 radical (unpaired) electrons. The Bertz CT molecular complexity index is 205. The molecule has 0 saturated carbocycles. The van der Waals surface area contributed by atoms with Gasteiger partial charge in [-0.25, -0.2) is 0 Å². The molecule has 1 N–H and O–H groups in total. The molecule has 0 aliphatic rings. The van der Waals surface area contributed by atoms with Crippen LogP contribution < -0.4 is 0 Å². The van der Waals surface area contributed by atoms with Crippen LogP contribution in [0.3, 0.4) is 0 Å². The first-order valence-corrected chi connectivity index (χ1v) is 7.89.